The van der Waals surface area contributed by atoms with Gasteiger partial charge in [-0.2, -0.15) is 35.9 Å². The van der Waals surface area contributed by atoms with Crippen molar-refractivity contribution >= 4 is 7.82 Å². The van der Waals surface area contributed by atoms with E-state index in [0.29, 0.717) is 0 Å². The second kappa shape index (κ2) is 17.8. The zero-order valence-electron chi connectivity index (χ0n) is 15.0. The van der Waals surface area contributed by atoms with Crippen LogP contribution in [0.15, 0.2) is 24.3 Å². The molecule has 0 unspecified atom stereocenters. The van der Waals surface area contributed by atoms with E-state index in [1.807, 2.05) is 12.1 Å². The van der Waals surface area contributed by atoms with Gasteiger partial charge in [0.2, 0.25) is 0 Å². The Morgan fingerprint density at radius 3 is 1.75 bits per heavy atom. The molecule has 0 aliphatic rings. The number of aryl methyl sites for hydroxylation is 1. The summed E-state index contributed by atoms with van der Waals surface area (Å²) in [6.07, 6.45) is 15.3. The third-order valence-corrected chi connectivity index (χ3v) is 3.57. The van der Waals surface area contributed by atoms with E-state index >= 15 is 0 Å². The van der Waals surface area contributed by atoms with E-state index in [4.69, 9.17) is 19.2 Å². The first-order chi connectivity index (χ1) is 10.9. The van der Waals surface area contributed by atoms with Gasteiger partial charge >= 0.3 is 7.82 Å². The summed E-state index contributed by atoms with van der Waals surface area (Å²) in [7, 11) is -4.64. The molecule has 0 aliphatic carbocycles. The molecule has 0 heterocycles. The van der Waals surface area contributed by atoms with Gasteiger partial charge < -0.3 is 14.7 Å². The third-order valence-electron chi connectivity index (χ3n) is 3.57. The Balaban J connectivity index is 0. The molecule has 0 atom stereocenters. The van der Waals surface area contributed by atoms with Crippen LogP contribution in [0.5, 0.6) is 0 Å². The maximum absolute atomic E-state index is 8.88. The van der Waals surface area contributed by atoms with Gasteiger partial charge in [-0.15, -0.1) is 0 Å². The standard InChI is InChI=1S/C18H29.H3O4P.Zn/c1-2-3-4-5-6-7-8-9-10-12-15-18-16-13-11-14-17-18;1-5(2,3)4;/h11,13-14,16H,2-10,12,15H2,1H3;(H3,1,2,3,4);/q-1;;. The molecule has 1 aromatic carbocycles. The topological polar surface area (TPSA) is 77.8 Å². The first-order valence-corrected chi connectivity index (χ1v) is 10.2. The molecule has 3 N–H and O–H groups in total. The molecule has 0 aliphatic heterocycles. The molecule has 0 amide bonds. The number of hydrogen-bond acceptors (Lipinski definition) is 1. The molecule has 0 saturated carbocycles. The van der Waals surface area contributed by atoms with Gasteiger partial charge in [-0.1, -0.05) is 77.6 Å². The maximum Gasteiger partial charge on any atom is 0.466 e. The minimum absolute atomic E-state index is 0. The summed E-state index contributed by atoms with van der Waals surface area (Å²) >= 11 is 0. The molecule has 136 valence electrons. The van der Waals surface area contributed by atoms with Crippen molar-refractivity contribution in [3.05, 3.63) is 35.9 Å². The van der Waals surface area contributed by atoms with Crippen LogP contribution in [0.1, 0.15) is 76.7 Å². The Bertz CT molecular complexity index is 400. The molecule has 6 heteroatoms. The summed E-state index contributed by atoms with van der Waals surface area (Å²) in [4.78, 5) is 21.6. The van der Waals surface area contributed by atoms with Crippen molar-refractivity contribution in [1.82, 2.24) is 0 Å². The Labute approximate surface area is 160 Å². The smallest absolute Gasteiger partial charge is 0.303 e. The van der Waals surface area contributed by atoms with Crippen molar-refractivity contribution in [3.63, 3.8) is 0 Å². The monoisotopic (exact) mass is 407 g/mol. The number of unbranched alkanes of at least 4 members (excludes halogenated alkanes) is 9. The van der Waals surface area contributed by atoms with Crippen molar-refractivity contribution in [2.45, 2.75) is 77.6 Å². The van der Waals surface area contributed by atoms with E-state index in [2.05, 4.69) is 25.1 Å². The minimum Gasteiger partial charge on any atom is -0.303 e. The van der Waals surface area contributed by atoms with Gasteiger partial charge in [0, 0.05) is 19.5 Å². The molecule has 0 bridgehead atoms. The molecular weight excluding hydrogens is 377 g/mol. The van der Waals surface area contributed by atoms with Crippen LogP contribution in [0, 0.1) is 6.07 Å². The molecule has 0 saturated heterocycles. The molecule has 0 spiro atoms. The first-order valence-electron chi connectivity index (χ1n) is 8.67. The second-order valence-corrected chi connectivity index (χ2v) is 6.86. The van der Waals surface area contributed by atoms with Crippen LogP contribution in [0.25, 0.3) is 0 Å². The van der Waals surface area contributed by atoms with E-state index < -0.39 is 7.82 Å². The fourth-order valence-corrected chi connectivity index (χ4v) is 2.39. The quantitative estimate of drug-likeness (QED) is 0.208. The van der Waals surface area contributed by atoms with Crippen LogP contribution < -0.4 is 0 Å². The molecule has 0 radical (unpaired) electrons. The van der Waals surface area contributed by atoms with Gasteiger partial charge in [0.15, 0.2) is 0 Å². The number of rotatable bonds is 11. The normalized spacial score (nSPS) is 10.5. The van der Waals surface area contributed by atoms with Crippen LogP contribution in [0.4, 0.5) is 0 Å². The Morgan fingerprint density at radius 1 is 0.875 bits per heavy atom. The van der Waals surface area contributed by atoms with Gasteiger partial charge in [0.25, 0.3) is 0 Å². The first kappa shape index (κ1) is 26.2. The molecule has 24 heavy (non-hydrogen) atoms. The Kier molecular flexibility index (Phi) is 19.4. The summed E-state index contributed by atoms with van der Waals surface area (Å²) in [6, 6.07) is 11.7. The van der Waals surface area contributed by atoms with Gasteiger partial charge in [-0.05, 0) is 0 Å². The van der Waals surface area contributed by atoms with Gasteiger partial charge in [0.1, 0.15) is 0 Å². The largest absolute Gasteiger partial charge is 0.466 e. The second-order valence-electron chi connectivity index (χ2n) is 5.83. The predicted octanol–water partition coefficient (Wildman–Crippen LogP) is 5.02. The fourth-order valence-electron chi connectivity index (χ4n) is 2.39. The van der Waals surface area contributed by atoms with Crippen molar-refractivity contribution in [2.24, 2.45) is 0 Å². The molecule has 0 aromatic heterocycles. The third kappa shape index (κ3) is 24.2. The van der Waals surface area contributed by atoms with Gasteiger partial charge in [-0.25, -0.2) is 4.57 Å². The molecule has 4 nitrogen and oxygen atoms in total. The van der Waals surface area contributed by atoms with Crippen molar-refractivity contribution in [3.8, 4) is 0 Å². The van der Waals surface area contributed by atoms with E-state index in [9.17, 15) is 0 Å². The van der Waals surface area contributed by atoms with Crippen LogP contribution >= 0.6 is 7.82 Å². The summed E-state index contributed by atoms with van der Waals surface area (Å²) in [5.74, 6) is 0. The summed E-state index contributed by atoms with van der Waals surface area (Å²) in [5.41, 5.74) is 1.37. The molecule has 0 fully saturated rings. The maximum atomic E-state index is 8.88. The average Bonchev–Trinajstić information content (AvgIpc) is 2.48. The number of benzene rings is 1. The van der Waals surface area contributed by atoms with Crippen molar-refractivity contribution < 1.29 is 38.7 Å². The van der Waals surface area contributed by atoms with Crippen LogP contribution in [0.3, 0.4) is 0 Å². The zero-order valence-corrected chi connectivity index (χ0v) is 18.9. The SMILES string of the molecule is CCCCCCCCCCCCc1[c-]cccc1.O=P(O)(O)O.[Zn]. The minimum atomic E-state index is -4.64. The number of phosphoric acid groups is 1. The zero-order chi connectivity index (χ0) is 17.4. The van der Waals surface area contributed by atoms with Crippen molar-refractivity contribution in [1.29, 1.82) is 0 Å². The van der Waals surface area contributed by atoms with E-state index in [1.165, 1.54) is 76.2 Å². The van der Waals surface area contributed by atoms with E-state index in [1.54, 1.807) is 0 Å². The van der Waals surface area contributed by atoms with E-state index in [0.717, 1.165) is 0 Å². The fraction of sp³-hybridized carbons (Fsp3) is 0.667. The molecular formula is C18H32O4PZn-. The van der Waals surface area contributed by atoms with Crippen LogP contribution in [-0.4, -0.2) is 14.7 Å². The molecule has 1 aromatic rings. The summed E-state index contributed by atoms with van der Waals surface area (Å²) in [5, 5.41) is 0. The predicted molar refractivity (Wildman–Crippen MR) is 95.1 cm³/mol. The van der Waals surface area contributed by atoms with Gasteiger partial charge in [-0.3, -0.25) is 0 Å². The Hall–Kier alpha value is -0.0466. The summed E-state index contributed by atoms with van der Waals surface area (Å²) in [6.45, 7) is 2.28. The van der Waals surface area contributed by atoms with Gasteiger partial charge in [0.05, 0.1) is 0 Å². The van der Waals surface area contributed by atoms with Crippen LogP contribution in [-0.2, 0) is 30.5 Å². The summed E-state index contributed by atoms with van der Waals surface area (Å²) < 4.78 is 8.88. The number of hydrogen-bond donors (Lipinski definition) is 3. The van der Waals surface area contributed by atoms with E-state index in [-0.39, 0.29) is 19.5 Å². The van der Waals surface area contributed by atoms with Crippen LogP contribution in [0.2, 0.25) is 0 Å². The van der Waals surface area contributed by atoms with Crippen molar-refractivity contribution in [2.75, 3.05) is 0 Å². The Morgan fingerprint density at radius 2 is 1.33 bits per heavy atom. The average molecular weight is 409 g/mol. The molecule has 1 rings (SSSR count).